The van der Waals surface area contributed by atoms with Gasteiger partial charge in [-0.3, -0.25) is 9.59 Å². The lowest BCUT2D eigenvalue weighted by Gasteiger charge is -2.14. The standard InChI is InChI=1S/C30H58O3/c1-3-5-7-9-11-13-15-17-19-21-23-25-28(27-30(32)33)29(31)26-24-22-20-18-16-14-12-10-8-6-4-2/h28H,3-27H2,1-2H3,(H,32,33). The Labute approximate surface area is 206 Å². The highest BCUT2D eigenvalue weighted by atomic mass is 16.4. The summed E-state index contributed by atoms with van der Waals surface area (Å²) in [5.41, 5.74) is 0. The monoisotopic (exact) mass is 466 g/mol. The summed E-state index contributed by atoms with van der Waals surface area (Å²) in [5, 5.41) is 9.22. The van der Waals surface area contributed by atoms with E-state index in [2.05, 4.69) is 13.8 Å². The number of carbonyl (C=O) groups is 2. The van der Waals surface area contributed by atoms with E-state index in [9.17, 15) is 14.7 Å². The van der Waals surface area contributed by atoms with Gasteiger partial charge in [0, 0.05) is 12.3 Å². The third kappa shape index (κ3) is 24.1. The van der Waals surface area contributed by atoms with Crippen LogP contribution in [0.5, 0.6) is 0 Å². The minimum Gasteiger partial charge on any atom is -0.481 e. The number of aliphatic carboxylic acids is 1. The van der Waals surface area contributed by atoms with Gasteiger partial charge in [-0.15, -0.1) is 0 Å². The minimum atomic E-state index is -0.824. The highest BCUT2D eigenvalue weighted by molar-refractivity contribution is 5.84. The molecule has 1 atom stereocenters. The van der Waals surface area contributed by atoms with Crippen molar-refractivity contribution < 1.29 is 14.7 Å². The van der Waals surface area contributed by atoms with Crippen molar-refractivity contribution in [2.75, 3.05) is 0 Å². The van der Waals surface area contributed by atoms with E-state index in [1.165, 1.54) is 116 Å². The lowest BCUT2D eigenvalue weighted by molar-refractivity contribution is -0.140. The van der Waals surface area contributed by atoms with Crippen LogP contribution in [0.2, 0.25) is 0 Å². The molecule has 1 unspecified atom stereocenters. The number of hydrogen-bond acceptors (Lipinski definition) is 2. The number of Topliss-reactive ketones (excluding diaryl/α,β-unsaturated/α-hetero) is 1. The normalized spacial score (nSPS) is 12.2. The summed E-state index contributed by atoms with van der Waals surface area (Å²) in [4.78, 5) is 23.8. The van der Waals surface area contributed by atoms with Crippen molar-refractivity contribution in [2.24, 2.45) is 5.92 Å². The maximum atomic E-state index is 12.6. The first kappa shape index (κ1) is 32.1. The van der Waals surface area contributed by atoms with Crippen LogP contribution in [0.4, 0.5) is 0 Å². The average Bonchev–Trinajstić information content (AvgIpc) is 2.79. The van der Waals surface area contributed by atoms with Crippen LogP contribution in [0.25, 0.3) is 0 Å². The Morgan fingerprint density at radius 2 is 0.848 bits per heavy atom. The quantitative estimate of drug-likeness (QED) is 0.122. The number of carbonyl (C=O) groups excluding carboxylic acids is 1. The molecule has 0 amide bonds. The van der Waals surface area contributed by atoms with Gasteiger partial charge in [0.25, 0.3) is 0 Å². The SMILES string of the molecule is CCCCCCCCCCCCCC(=O)C(CCCCCCCCCCCCC)CC(=O)O. The molecule has 0 saturated carbocycles. The summed E-state index contributed by atoms with van der Waals surface area (Å²) < 4.78 is 0. The van der Waals surface area contributed by atoms with Crippen molar-refractivity contribution >= 4 is 11.8 Å². The summed E-state index contributed by atoms with van der Waals surface area (Å²) in [7, 11) is 0. The Bertz CT molecular complexity index is 432. The molecule has 0 spiro atoms. The molecule has 0 aromatic heterocycles. The maximum Gasteiger partial charge on any atom is 0.304 e. The van der Waals surface area contributed by atoms with Gasteiger partial charge in [-0.1, -0.05) is 149 Å². The lowest BCUT2D eigenvalue weighted by atomic mass is 9.90. The zero-order chi connectivity index (χ0) is 24.4. The van der Waals surface area contributed by atoms with Gasteiger partial charge in [0.05, 0.1) is 6.42 Å². The first-order valence-corrected chi connectivity index (χ1v) is 14.9. The van der Waals surface area contributed by atoms with Crippen LogP contribution in [0.3, 0.4) is 0 Å². The van der Waals surface area contributed by atoms with Gasteiger partial charge in [-0.05, 0) is 12.8 Å². The Balaban J connectivity index is 3.72. The number of carboxylic acids is 1. The van der Waals surface area contributed by atoms with Crippen molar-refractivity contribution in [2.45, 2.75) is 174 Å². The summed E-state index contributed by atoms with van der Waals surface area (Å²) in [5.74, 6) is -0.889. The molecule has 0 rings (SSSR count). The maximum absolute atomic E-state index is 12.6. The molecule has 0 aliphatic heterocycles. The average molecular weight is 467 g/mol. The van der Waals surface area contributed by atoms with Gasteiger partial charge in [0.2, 0.25) is 0 Å². The predicted octanol–water partition coefficient (Wildman–Crippen LogP) is 10.0. The molecule has 0 heterocycles. The van der Waals surface area contributed by atoms with Gasteiger partial charge in [-0.25, -0.2) is 0 Å². The van der Waals surface area contributed by atoms with Crippen LogP contribution in [-0.2, 0) is 9.59 Å². The van der Waals surface area contributed by atoms with Crippen molar-refractivity contribution in [3.05, 3.63) is 0 Å². The lowest BCUT2D eigenvalue weighted by Crippen LogP contribution is -2.18. The van der Waals surface area contributed by atoms with Crippen LogP contribution >= 0.6 is 0 Å². The third-order valence-electron chi connectivity index (χ3n) is 7.06. The molecule has 1 N–H and O–H groups in total. The van der Waals surface area contributed by atoms with Gasteiger partial charge in [0.15, 0.2) is 0 Å². The fraction of sp³-hybridized carbons (Fsp3) is 0.933. The molecular formula is C30H58O3. The zero-order valence-electron chi connectivity index (χ0n) is 22.5. The molecule has 3 heteroatoms. The van der Waals surface area contributed by atoms with E-state index in [1.54, 1.807) is 0 Å². The van der Waals surface area contributed by atoms with E-state index in [4.69, 9.17) is 0 Å². The molecule has 0 aliphatic rings. The van der Waals surface area contributed by atoms with E-state index < -0.39 is 5.97 Å². The largest absolute Gasteiger partial charge is 0.481 e. The Morgan fingerprint density at radius 3 is 1.21 bits per heavy atom. The summed E-state index contributed by atoms with van der Waals surface area (Å²) in [6.45, 7) is 4.51. The summed E-state index contributed by atoms with van der Waals surface area (Å²) in [6.07, 6.45) is 29.5. The third-order valence-corrected chi connectivity index (χ3v) is 7.06. The molecule has 0 saturated heterocycles. The fourth-order valence-corrected chi connectivity index (χ4v) is 4.81. The van der Waals surface area contributed by atoms with Gasteiger partial charge >= 0.3 is 5.97 Å². The van der Waals surface area contributed by atoms with Crippen LogP contribution in [0, 0.1) is 5.92 Å². The molecule has 0 aromatic rings. The van der Waals surface area contributed by atoms with E-state index >= 15 is 0 Å². The topological polar surface area (TPSA) is 54.4 Å². The molecule has 0 fully saturated rings. The molecule has 0 bridgehead atoms. The van der Waals surface area contributed by atoms with Crippen molar-refractivity contribution in [3.63, 3.8) is 0 Å². The Hall–Kier alpha value is -0.860. The van der Waals surface area contributed by atoms with E-state index in [1.807, 2.05) is 0 Å². The first-order valence-electron chi connectivity index (χ1n) is 14.9. The smallest absolute Gasteiger partial charge is 0.304 e. The minimum absolute atomic E-state index is 0.0224. The first-order chi connectivity index (χ1) is 16.1. The van der Waals surface area contributed by atoms with Crippen LogP contribution in [-0.4, -0.2) is 16.9 Å². The molecule has 0 radical (unpaired) electrons. The molecular weight excluding hydrogens is 408 g/mol. The van der Waals surface area contributed by atoms with Gasteiger partial charge in [0.1, 0.15) is 5.78 Å². The van der Waals surface area contributed by atoms with Crippen molar-refractivity contribution in [1.82, 2.24) is 0 Å². The number of hydrogen-bond donors (Lipinski definition) is 1. The summed E-state index contributed by atoms with van der Waals surface area (Å²) >= 11 is 0. The Morgan fingerprint density at radius 1 is 0.515 bits per heavy atom. The van der Waals surface area contributed by atoms with E-state index in [0.29, 0.717) is 6.42 Å². The van der Waals surface area contributed by atoms with Crippen LogP contribution < -0.4 is 0 Å². The molecule has 33 heavy (non-hydrogen) atoms. The second-order valence-corrected chi connectivity index (χ2v) is 10.4. The number of rotatable bonds is 27. The number of carboxylic acid groups (broad SMARTS) is 1. The predicted molar refractivity (Wildman–Crippen MR) is 143 cm³/mol. The molecule has 196 valence electrons. The highest BCUT2D eigenvalue weighted by Gasteiger charge is 2.20. The van der Waals surface area contributed by atoms with Crippen molar-refractivity contribution in [1.29, 1.82) is 0 Å². The molecule has 0 aromatic carbocycles. The van der Waals surface area contributed by atoms with Crippen LogP contribution in [0.15, 0.2) is 0 Å². The van der Waals surface area contributed by atoms with E-state index in [-0.39, 0.29) is 18.1 Å². The van der Waals surface area contributed by atoms with E-state index in [0.717, 1.165) is 32.1 Å². The second-order valence-electron chi connectivity index (χ2n) is 10.4. The van der Waals surface area contributed by atoms with Crippen LogP contribution in [0.1, 0.15) is 174 Å². The highest BCUT2D eigenvalue weighted by Crippen LogP contribution is 2.20. The number of ketones is 1. The van der Waals surface area contributed by atoms with Gasteiger partial charge < -0.3 is 5.11 Å². The fourth-order valence-electron chi connectivity index (χ4n) is 4.81. The molecule has 3 nitrogen and oxygen atoms in total. The number of unbranched alkanes of at least 4 members (excludes halogenated alkanes) is 20. The summed E-state index contributed by atoms with van der Waals surface area (Å²) in [6, 6.07) is 0. The zero-order valence-corrected chi connectivity index (χ0v) is 22.5. The second kappa shape index (κ2) is 25.8. The Kier molecular flexibility index (Phi) is 25.1. The van der Waals surface area contributed by atoms with Crippen molar-refractivity contribution in [3.8, 4) is 0 Å². The molecule has 0 aliphatic carbocycles. The van der Waals surface area contributed by atoms with Gasteiger partial charge in [-0.2, -0.15) is 0 Å².